The molecule has 2 rings (SSSR count). The molecule has 0 radical (unpaired) electrons. The number of aromatic nitrogens is 3. The largest absolute Gasteiger partial charge is 0.388 e. The van der Waals surface area contributed by atoms with Gasteiger partial charge in [-0.05, 0) is 19.1 Å². The Kier molecular flexibility index (Phi) is 4.16. The van der Waals surface area contributed by atoms with Gasteiger partial charge >= 0.3 is 0 Å². The van der Waals surface area contributed by atoms with Gasteiger partial charge in [0.25, 0.3) is 0 Å². The van der Waals surface area contributed by atoms with Crippen LogP contribution in [0.2, 0.25) is 0 Å². The smallest absolute Gasteiger partial charge is 0.191 e. The summed E-state index contributed by atoms with van der Waals surface area (Å²) in [7, 11) is 1.69. The molecule has 1 aromatic carbocycles. The van der Waals surface area contributed by atoms with Crippen molar-refractivity contribution in [1.29, 1.82) is 0 Å². The molecule has 0 amide bonds. The number of thioether (sulfide) groups is 1. The van der Waals surface area contributed by atoms with Gasteiger partial charge in [-0.25, -0.2) is 8.78 Å². The van der Waals surface area contributed by atoms with Crippen molar-refractivity contribution in [3.63, 3.8) is 0 Å². The number of nitrogens with zero attached hydrogens (tertiary/aromatic N) is 3. The molecule has 1 heterocycles. The number of rotatable bonds is 4. The van der Waals surface area contributed by atoms with Crippen LogP contribution in [0.4, 0.5) is 8.78 Å². The van der Waals surface area contributed by atoms with Crippen molar-refractivity contribution in [1.82, 2.24) is 14.8 Å². The Morgan fingerprint density at radius 3 is 2.47 bits per heavy atom. The minimum absolute atomic E-state index is 0.0149. The van der Waals surface area contributed by atoms with Crippen LogP contribution < -0.4 is 0 Å². The molecule has 0 aliphatic heterocycles. The van der Waals surface area contributed by atoms with Crippen LogP contribution >= 0.6 is 11.8 Å². The molecule has 0 fully saturated rings. The number of benzene rings is 1. The van der Waals surface area contributed by atoms with Crippen LogP contribution in [0.1, 0.15) is 23.6 Å². The molecule has 102 valence electrons. The molecule has 0 saturated carbocycles. The second-order valence-electron chi connectivity index (χ2n) is 4.01. The molecule has 1 atom stereocenters. The first kappa shape index (κ1) is 14.0. The third-order valence-corrected chi connectivity index (χ3v) is 3.91. The van der Waals surface area contributed by atoms with Gasteiger partial charge in [-0.3, -0.25) is 0 Å². The monoisotopic (exact) mass is 285 g/mol. The third-order valence-electron chi connectivity index (χ3n) is 2.75. The Morgan fingerprint density at radius 1 is 1.32 bits per heavy atom. The molecule has 7 heteroatoms. The number of halogens is 2. The van der Waals surface area contributed by atoms with E-state index in [0.717, 1.165) is 0 Å². The predicted molar refractivity (Wildman–Crippen MR) is 67.6 cm³/mol. The summed E-state index contributed by atoms with van der Waals surface area (Å²) in [6.45, 7) is 1.46. The van der Waals surface area contributed by atoms with E-state index in [1.54, 1.807) is 18.5 Å². The van der Waals surface area contributed by atoms with E-state index in [0.29, 0.717) is 11.0 Å². The highest BCUT2D eigenvalue weighted by Crippen LogP contribution is 2.36. The Labute approximate surface area is 113 Å². The van der Waals surface area contributed by atoms with Crippen molar-refractivity contribution in [3.05, 3.63) is 41.2 Å². The molecule has 1 N–H and O–H groups in total. The van der Waals surface area contributed by atoms with E-state index in [1.807, 2.05) is 0 Å². The Bertz CT molecular complexity index is 568. The minimum Gasteiger partial charge on any atom is -0.388 e. The van der Waals surface area contributed by atoms with Gasteiger partial charge in [-0.2, -0.15) is 0 Å². The molecule has 0 saturated heterocycles. The van der Waals surface area contributed by atoms with Crippen LogP contribution in [-0.2, 0) is 13.7 Å². The molecule has 1 aromatic heterocycles. The first-order valence-corrected chi connectivity index (χ1v) is 6.52. The number of aliphatic hydroxyl groups is 1. The summed E-state index contributed by atoms with van der Waals surface area (Å²) >= 11 is 1.19. The summed E-state index contributed by atoms with van der Waals surface area (Å²) in [5.74, 6) is -0.752. The standard InChI is InChI=1S/C12H13F2N3OS/c1-7(11-8(13)4-3-5-9(11)14)19-12-16-15-10(6-18)17(12)2/h3-5,7,18H,6H2,1-2H3. The second kappa shape index (κ2) is 5.66. The van der Waals surface area contributed by atoms with E-state index in [-0.39, 0.29) is 12.2 Å². The van der Waals surface area contributed by atoms with Crippen molar-refractivity contribution in [2.75, 3.05) is 0 Å². The van der Waals surface area contributed by atoms with Crippen LogP contribution in [0.25, 0.3) is 0 Å². The molecule has 19 heavy (non-hydrogen) atoms. The van der Waals surface area contributed by atoms with Gasteiger partial charge in [0.2, 0.25) is 0 Å². The highest BCUT2D eigenvalue weighted by atomic mass is 32.2. The fourth-order valence-electron chi connectivity index (χ4n) is 1.70. The maximum atomic E-state index is 13.6. The molecule has 4 nitrogen and oxygen atoms in total. The molecule has 0 aliphatic rings. The SMILES string of the molecule is CC(Sc1nnc(CO)n1C)c1c(F)cccc1F. The Morgan fingerprint density at radius 2 is 1.95 bits per heavy atom. The van der Waals surface area contributed by atoms with Crippen molar-refractivity contribution >= 4 is 11.8 Å². The first-order chi connectivity index (χ1) is 9.04. The van der Waals surface area contributed by atoms with E-state index in [4.69, 9.17) is 5.11 Å². The van der Waals surface area contributed by atoms with E-state index in [9.17, 15) is 8.78 Å². The van der Waals surface area contributed by atoms with Crippen LogP contribution in [-0.4, -0.2) is 19.9 Å². The van der Waals surface area contributed by atoms with Gasteiger partial charge < -0.3 is 9.67 Å². The molecular weight excluding hydrogens is 272 g/mol. The Balaban J connectivity index is 2.25. The predicted octanol–water partition coefficient (Wildman–Crippen LogP) is 2.44. The average Bonchev–Trinajstić information content (AvgIpc) is 2.70. The maximum Gasteiger partial charge on any atom is 0.191 e. The molecule has 0 bridgehead atoms. The minimum atomic E-state index is -0.579. The van der Waals surface area contributed by atoms with Crippen LogP contribution in [0.5, 0.6) is 0 Å². The molecule has 1 unspecified atom stereocenters. The summed E-state index contributed by atoms with van der Waals surface area (Å²) in [6.07, 6.45) is 0. The van der Waals surface area contributed by atoms with E-state index >= 15 is 0 Å². The lowest BCUT2D eigenvalue weighted by Crippen LogP contribution is -2.02. The van der Waals surface area contributed by atoms with Gasteiger partial charge in [0.15, 0.2) is 11.0 Å². The van der Waals surface area contributed by atoms with Crippen LogP contribution in [0.3, 0.4) is 0 Å². The Hall–Kier alpha value is -1.47. The molecule has 0 spiro atoms. The number of hydrogen-bond acceptors (Lipinski definition) is 4. The zero-order valence-corrected chi connectivity index (χ0v) is 11.3. The number of aliphatic hydroxyl groups excluding tert-OH is 1. The zero-order chi connectivity index (χ0) is 14.0. The quantitative estimate of drug-likeness (QED) is 0.877. The second-order valence-corrected chi connectivity index (χ2v) is 5.32. The van der Waals surface area contributed by atoms with Gasteiger partial charge in [-0.15, -0.1) is 10.2 Å². The van der Waals surface area contributed by atoms with Crippen molar-refractivity contribution in [3.8, 4) is 0 Å². The third kappa shape index (κ3) is 2.76. The summed E-state index contributed by atoms with van der Waals surface area (Å²) in [5.41, 5.74) is 0.0149. The van der Waals surface area contributed by atoms with Gasteiger partial charge in [0.1, 0.15) is 18.2 Å². The van der Waals surface area contributed by atoms with Crippen molar-refractivity contribution in [2.24, 2.45) is 7.05 Å². The number of hydrogen-bond donors (Lipinski definition) is 1. The summed E-state index contributed by atoms with van der Waals surface area (Å²) in [6, 6.07) is 3.79. The summed E-state index contributed by atoms with van der Waals surface area (Å²) in [5, 5.41) is 16.7. The first-order valence-electron chi connectivity index (χ1n) is 5.64. The summed E-state index contributed by atoms with van der Waals surface area (Å²) < 4.78 is 28.9. The normalized spacial score (nSPS) is 12.7. The lowest BCUT2D eigenvalue weighted by molar-refractivity contribution is 0.266. The van der Waals surface area contributed by atoms with E-state index in [2.05, 4.69) is 10.2 Å². The zero-order valence-electron chi connectivity index (χ0n) is 10.5. The fraction of sp³-hybridized carbons (Fsp3) is 0.333. The van der Waals surface area contributed by atoms with Crippen molar-refractivity contribution < 1.29 is 13.9 Å². The van der Waals surface area contributed by atoms with Gasteiger partial charge in [0, 0.05) is 17.9 Å². The van der Waals surface area contributed by atoms with E-state index in [1.165, 1.54) is 30.0 Å². The highest BCUT2D eigenvalue weighted by molar-refractivity contribution is 7.99. The lowest BCUT2D eigenvalue weighted by Gasteiger charge is -2.12. The highest BCUT2D eigenvalue weighted by Gasteiger charge is 2.19. The maximum absolute atomic E-state index is 13.6. The topological polar surface area (TPSA) is 50.9 Å². The average molecular weight is 285 g/mol. The van der Waals surface area contributed by atoms with Crippen molar-refractivity contribution in [2.45, 2.75) is 23.9 Å². The van der Waals surface area contributed by atoms with E-state index < -0.39 is 16.9 Å². The van der Waals surface area contributed by atoms with Gasteiger partial charge in [-0.1, -0.05) is 17.8 Å². The van der Waals surface area contributed by atoms with Gasteiger partial charge in [0.05, 0.1) is 0 Å². The molecular formula is C12H13F2N3OS. The van der Waals surface area contributed by atoms with Crippen LogP contribution in [0, 0.1) is 11.6 Å². The summed E-state index contributed by atoms with van der Waals surface area (Å²) in [4.78, 5) is 0. The molecule has 0 aliphatic carbocycles. The molecule has 2 aromatic rings. The lowest BCUT2D eigenvalue weighted by atomic mass is 10.1. The fourth-order valence-corrected chi connectivity index (χ4v) is 2.71. The van der Waals surface area contributed by atoms with Crippen LogP contribution in [0.15, 0.2) is 23.4 Å².